The van der Waals surface area contributed by atoms with Gasteiger partial charge in [-0.1, -0.05) is 6.42 Å². The number of anilines is 1. The summed E-state index contributed by atoms with van der Waals surface area (Å²) in [7, 11) is 0. The maximum atomic E-state index is 13.4. The van der Waals surface area contributed by atoms with Crippen LogP contribution in [0.2, 0.25) is 0 Å². The van der Waals surface area contributed by atoms with E-state index in [1.54, 1.807) is 0 Å². The number of likely N-dealkylation sites (tertiary alicyclic amines) is 1. The number of hydrogen-bond donors (Lipinski definition) is 1. The zero-order chi connectivity index (χ0) is 13.8. The Hall–Kier alpha value is -1.49. The molecular weight excluding hydrogens is 250 g/mol. The Morgan fingerprint density at radius 2 is 2.21 bits per heavy atom. The van der Waals surface area contributed by atoms with Gasteiger partial charge in [0.05, 0.1) is 12.2 Å². The number of rotatable bonds is 3. The number of benzene rings is 1. The first-order valence-electron chi connectivity index (χ1n) is 6.55. The molecule has 0 saturated carbocycles. The third kappa shape index (κ3) is 3.73. The summed E-state index contributed by atoms with van der Waals surface area (Å²) >= 11 is 0. The Labute approximate surface area is 111 Å². The van der Waals surface area contributed by atoms with Gasteiger partial charge in [-0.2, -0.15) is 0 Å². The highest BCUT2D eigenvalue weighted by Crippen LogP contribution is 2.17. The Morgan fingerprint density at radius 1 is 1.42 bits per heavy atom. The maximum absolute atomic E-state index is 13.4. The first-order valence-corrected chi connectivity index (χ1v) is 6.55. The van der Waals surface area contributed by atoms with Gasteiger partial charge in [0.25, 0.3) is 0 Å². The van der Waals surface area contributed by atoms with Crippen molar-refractivity contribution in [2.24, 2.45) is 0 Å². The van der Waals surface area contributed by atoms with E-state index in [0.29, 0.717) is 6.04 Å². The summed E-state index contributed by atoms with van der Waals surface area (Å²) in [6.45, 7) is 3.23. The average Bonchev–Trinajstić information content (AvgIpc) is 2.36. The molecule has 1 aromatic carbocycles. The minimum absolute atomic E-state index is 0.0241. The van der Waals surface area contributed by atoms with Crippen LogP contribution in [0, 0.1) is 11.6 Å². The lowest BCUT2D eigenvalue weighted by atomic mass is 10.0. The van der Waals surface area contributed by atoms with E-state index in [2.05, 4.69) is 17.1 Å². The van der Waals surface area contributed by atoms with Gasteiger partial charge in [-0.15, -0.1) is 0 Å². The topological polar surface area (TPSA) is 32.3 Å². The molecule has 0 bridgehead atoms. The molecule has 3 nitrogen and oxygen atoms in total. The summed E-state index contributed by atoms with van der Waals surface area (Å²) < 4.78 is 26.1. The molecule has 1 aliphatic rings. The molecular formula is C14H18F2N2O. The number of carbonyl (C=O) groups excluding carboxylic acids is 1. The lowest BCUT2D eigenvalue weighted by Crippen LogP contribution is -2.42. The van der Waals surface area contributed by atoms with Gasteiger partial charge in [-0.3, -0.25) is 9.69 Å². The largest absolute Gasteiger partial charge is 0.322 e. The van der Waals surface area contributed by atoms with Crippen molar-refractivity contribution >= 4 is 11.6 Å². The molecule has 1 heterocycles. The van der Waals surface area contributed by atoms with Crippen LogP contribution in [0.25, 0.3) is 0 Å². The fourth-order valence-corrected chi connectivity index (χ4v) is 2.36. The molecule has 1 fully saturated rings. The molecule has 5 heteroatoms. The molecule has 1 N–H and O–H groups in total. The summed E-state index contributed by atoms with van der Waals surface area (Å²) in [6, 6.07) is 3.50. The number of amides is 1. The van der Waals surface area contributed by atoms with Crippen molar-refractivity contribution in [3.05, 3.63) is 29.8 Å². The second-order valence-corrected chi connectivity index (χ2v) is 4.99. The molecule has 0 unspecified atom stereocenters. The quantitative estimate of drug-likeness (QED) is 0.914. The highest BCUT2D eigenvalue weighted by molar-refractivity contribution is 5.92. The number of hydrogen-bond acceptors (Lipinski definition) is 2. The number of piperidine rings is 1. The molecule has 2 rings (SSSR count). The molecule has 0 aromatic heterocycles. The minimum atomic E-state index is -0.750. The molecule has 1 atom stereocenters. The van der Waals surface area contributed by atoms with Gasteiger partial charge in [0, 0.05) is 12.1 Å². The molecule has 104 valence electrons. The Kier molecular flexibility index (Phi) is 4.47. The lowest BCUT2D eigenvalue weighted by Gasteiger charge is -2.32. The zero-order valence-electron chi connectivity index (χ0n) is 11.0. The summed E-state index contributed by atoms with van der Waals surface area (Å²) in [5, 5.41) is 2.48. The van der Waals surface area contributed by atoms with Crippen molar-refractivity contribution in [1.29, 1.82) is 0 Å². The summed E-state index contributed by atoms with van der Waals surface area (Å²) in [4.78, 5) is 13.9. The average molecular weight is 268 g/mol. The van der Waals surface area contributed by atoms with Crippen LogP contribution in [0.1, 0.15) is 26.2 Å². The van der Waals surface area contributed by atoms with Crippen molar-refractivity contribution in [3.8, 4) is 0 Å². The Bertz CT molecular complexity index is 465. The third-order valence-corrected chi connectivity index (χ3v) is 3.49. The van der Waals surface area contributed by atoms with Crippen molar-refractivity contribution < 1.29 is 13.6 Å². The van der Waals surface area contributed by atoms with Crippen molar-refractivity contribution in [2.75, 3.05) is 18.4 Å². The maximum Gasteiger partial charge on any atom is 0.238 e. The molecule has 0 radical (unpaired) electrons. The lowest BCUT2D eigenvalue weighted by molar-refractivity contribution is -0.118. The highest BCUT2D eigenvalue weighted by atomic mass is 19.1. The monoisotopic (exact) mass is 268 g/mol. The molecule has 0 aliphatic carbocycles. The van der Waals surface area contributed by atoms with Gasteiger partial charge in [-0.05, 0) is 38.4 Å². The smallest absolute Gasteiger partial charge is 0.238 e. The van der Waals surface area contributed by atoms with Gasteiger partial charge in [0.1, 0.15) is 11.6 Å². The van der Waals surface area contributed by atoms with Crippen molar-refractivity contribution in [2.45, 2.75) is 32.2 Å². The van der Waals surface area contributed by atoms with Crippen LogP contribution < -0.4 is 5.32 Å². The van der Waals surface area contributed by atoms with E-state index < -0.39 is 11.6 Å². The van der Waals surface area contributed by atoms with Crippen LogP contribution in [0.5, 0.6) is 0 Å². The summed E-state index contributed by atoms with van der Waals surface area (Å²) in [5.41, 5.74) is 0.0241. The minimum Gasteiger partial charge on any atom is -0.322 e. The number of carbonyl (C=O) groups is 1. The van der Waals surface area contributed by atoms with E-state index in [-0.39, 0.29) is 18.1 Å². The van der Waals surface area contributed by atoms with Gasteiger partial charge in [0.15, 0.2) is 0 Å². The normalized spacial score (nSPS) is 20.3. The molecule has 1 amide bonds. The molecule has 0 spiro atoms. The summed E-state index contributed by atoms with van der Waals surface area (Å²) in [5.74, 6) is -1.67. The van der Waals surface area contributed by atoms with E-state index >= 15 is 0 Å². The number of nitrogens with zero attached hydrogens (tertiary/aromatic N) is 1. The van der Waals surface area contributed by atoms with Crippen LogP contribution in [-0.2, 0) is 4.79 Å². The molecule has 19 heavy (non-hydrogen) atoms. The van der Waals surface area contributed by atoms with Crippen LogP contribution in [0.3, 0.4) is 0 Å². The van der Waals surface area contributed by atoms with Gasteiger partial charge >= 0.3 is 0 Å². The first kappa shape index (κ1) is 13.9. The second kappa shape index (κ2) is 6.10. The van der Waals surface area contributed by atoms with Crippen LogP contribution in [0.15, 0.2) is 18.2 Å². The van der Waals surface area contributed by atoms with Crippen molar-refractivity contribution in [1.82, 2.24) is 4.90 Å². The first-order chi connectivity index (χ1) is 9.06. The van der Waals surface area contributed by atoms with E-state index in [0.717, 1.165) is 31.5 Å². The van der Waals surface area contributed by atoms with Gasteiger partial charge in [0.2, 0.25) is 5.91 Å². The number of halogens is 2. The second-order valence-electron chi connectivity index (χ2n) is 4.99. The fraction of sp³-hybridized carbons (Fsp3) is 0.500. The Balaban J connectivity index is 1.93. The Morgan fingerprint density at radius 3 is 2.89 bits per heavy atom. The zero-order valence-corrected chi connectivity index (χ0v) is 11.0. The predicted molar refractivity (Wildman–Crippen MR) is 69.9 cm³/mol. The van der Waals surface area contributed by atoms with Crippen LogP contribution in [0.4, 0.5) is 14.5 Å². The number of nitrogens with one attached hydrogen (secondary N) is 1. The van der Waals surface area contributed by atoms with E-state index in [9.17, 15) is 13.6 Å². The fourth-order valence-electron chi connectivity index (χ4n) is 2.36. The SMILES string of the molecule is C[C@H]1CCCCN1CC(=O)Nc1ccc(F)cc1F. The van der Waals surface area contributed by atoms with E-state index in [4.69, 9.17) is 0 Å². The van der Waals surface area contributed by atoms with Crippen LogP contribution >= 0.6 is 0 Å². The van der Waals surface area contributed by atoms with Gasteiger partial charge in [-0.25, -0.2) is 8.78 Å². The molecule has 1 aromatic rings. The summed E-state index contributed by atoms with van der Waals surface area (Å²) in [6.07, 6.45) is 3.35. The predicted octanol–water partition coefficient (Wildman–Crippen LogP) is 2.78. The molecule has 1 saturated heterocycles. The van der Waals surface area contributed by atoms with E-state index in [1.807, 2.05) is 0 Å². The van der Waals surface area contributed by atoms with Crippen LogP contribution in [-0.4, -0.2) is 29.9 Å². The molecule has 1 aliphatic heterocycles. The van der Waals surface area contributed by atoms with Crippen molar-refractivity contribution in [3.63, 3.8) is 0 Å². The van der Waals surface area contributed by atoms with Gasteiger partial charge < -0.3 is 5.32 Å². The highest BCUT2D eigenvalue weighted by Gasteiger charge is 2.20. The standard InChI is InChI=1S/C14H18F2N2O/c1-10-4-2-3-7-18(10)9-14(19)17-13-6-5-11(15)8-12(13)16/h5-6,8,10H,2-4,7,9H2,1H3,(H,17,19)/t10-/m0/s1. The van der Waals surface area contributed by atoms with E-state index in [1.165, 1.54) is 12.5 Å². The third-order valence-electron chi connectivity index (χ3n) is 3.49.